The van der Waals surface area contributed by atoms with Gasteiger partial charge in [0.15, 0.2) is 0 Å². The van der Waals surface area contributed by atoms with Gasteiger partial charge in [-0.3, -0.25) is 0 Å². The van der Waals surface area contributed by atoms with Crippen molar-refractivity contribution in [2.24, 2.45) is 5.92 Å². The van der Waals surface area contributed by atoms with E-state index in [1.165, 1.54) is 12.8 Å². The predicted octanol–water partition coefficient (Wildman–Crippen LogP) is 5.06. The van der Waals surface area contributed by atoms with Crippen molar-refractivity contribution in [3.63, 3.8) is 0 Å². The Balaban J connectivity index is 4.05. The highest BCUT2D eigenvalue weighted by atomic mass is 16.5. The lowest BCUT2D eigenvalue weighted by molar-refractivity contribution is -0.141. The van der Waals surface area contributed by atoms with Gasteiger partial charge in [-0.2, -0.15) is 0 Å². The molecule has 0 rings (SSSR count). The van der Waals surface area contributed by atoms with Crippen LogP contribution in [0.3, 0.4) is 0 Å². The Bertz CT molecular complexity index is 378. The lowest BCUT2D eigenvalue weighted by Crippen LogP contribution is -2.22. The summed E-state index contributed by atoms with van der Waals surface area (Å²) < 4.78 is 10.5. The van der Waals surface area contributed by atoms with E-state index in [9.17, 15) is 4.79 Å². The van der Waals surface area contributed by atoms with E-state index in [0.717, 1.165) is 18.4 Å². The van der Waals surface area contributed by atoms with Crippen LogP contribution in [-0.2, 0) is 14.3 Å². The molecule has 0 saturated carbocycles. The number of rotatable bonds is 10. The van der Waals surface area contributed by atoms with Crippen LogP contribution in [0.2, 0.25) is 0 Å². The Hall–Kier alpha value is -1.09. The fourth-order valence-electron chi connectivity index (χ4n) is 2.08. The second-order valence-electron chi connectivity index (χ2n) is 6.97. The van der Waals surface area contributed by atoms with Crippen LogP contribution in [0.25, 0.3) is 0 Å². The smallest absolute Gasteiger partial charge is 0.331 e. The molecule has 0 aliphatic rings. The third kappa shape index (κ3) is 11.6. The van der Waals surface area contributed by atoms with Gasteiger partial charge in [-0.05, 0) is 59.0 Å². The SMILES string of the molecule is COC(C)(C)CCCC(C)C/C=C\C(C)=C/C(=O)OC(C)C. The Morgan fingerprint density at radius 3 is 2.41 bits per heavy atom. The van der Waals surface area contributed by atoms with Gasteiger partial charge in [-0.1, -0.05) is 31.9 Å². The maximum atomic E-state index is 11.5. The van der Waals surface area contributed by atoms with Crippen LogP contribution in [-0.4, -0.2) is 24.8 Å². The molecule has 22 heavy (non-hydrogen) atoms. The van der Waals surface area contributed by atoms with Crippen molar-refractivity contribution in [3.05, 3.63) is 23.8 Å². The molecule has 0 radical (unpaired) electrons. The van der Waals surface area contributed by atoms with E-state index < -0.39 is 0 Å². The van der Waals surface area contributed by atoms with Gasteiger partial charge in [0.2, 0.25) is 0 Å². The van der Waals surface area contributed by atoms with E-state index in [4.69, 9.17) is 9.47 Å². The topological polar surface area (TPSA) is 35.5 Å². The first kappa shape index (κ1) is 20.9. The van der Waals surface area contributed by atoms with E-state index in [0.29, 0.717) is 5.92 Å². The summed E-state index contributed by atoms with van der Waals surface area (Å²) in [4.78, 5) is 11.5. The van der Waals surface area contributed by atoms with Crippen LogP contribution >= 0.6 is 0 Å². The minimum absolute atomic E-state index is 0.0222. The first-order valence-electron chi connectivity index (χ1n) is 8.27. The van der Waals surface area contributed by atoms with Crippen LogP contribution in [0.15, 0.2) is 23.8 Å². The molecule has 1 unspecified atom stereocenters. The molecule has 0 aromatic rings. The molecule has 0 bridgehead atoms. The molecule has 0 aromatic carbocycles. The highest BCUT2D eigenvalue weighted by Crippen LogP contribution is 2.20. The maximum Gasteiger partial charge on any atom is 0.331 e. The Morgan fingerprint density at radius 1 is 1.23 bits per heavy atom. The van der Waals surface area contributed by atoms with E-state index >= 15 is 0 Å². The van der Waals surface area contributed by atoms with Crippen molar-refractivity contribution < 1.29 is 14.3 Å². The summed E-state index contributed by atoms with van der Waals surface area (Å²) in [6.07, 6.45) is 10.1. The fraction of sp³-hybridized carbons (Fsp3) is 0.737. The van der Waals surface area contributed by atoms with Crippen LogP contribution < -0.4 is 0 Å². The molecule has 0 amide bonds. The zero-order chi connectivity index (χ0) is 17.2. The van der Waals surface area contributed by atoms with E-state index in [2.05, 4.69) is 26.8 Å². The molecule has 0 spiro atoms. The number of carbonyl (C=O) groups is 1. The van der Waals surface area contributed by atoms with Gasteiger partial charge in [0, 0.05) is 13.2 Å². The number of methoxy groups -OCH3 is 1. The summed E-state index contributed by atoms with van der Waals surface area (Å²) in [7, 11) is 1.77. The normalized spacial score (nSPS) is 14.6. The minimum atomic E-state index is -0.271. The van der Waals surface area contributed by atoms with Crippen LogP contribution in [0.5, 0.6) is 0 Å². The second-order valence-corrected chi connectivity index (χ2v) is 6.97. The molecule has 3 heteroatoms. The molecule has 0 fully saturated rings. The van der Waals surface area contributed by atoms with Crippen molar-refractivity contribution in [1.82, 2.24) is 0 Å². The van der Waals surface area contributed by atoms with Gasteiger partial charge in [-0.25, -0.2) is 4.79 Å². The van der Waals surface area contributed by atoms with Crippen molar-refractivity contribution in [2.45, 2.75) is 78.9 Å². The molecule has 0 aliphatic heterocycles. The third-order valence-electron chi connectivity index (χ3n) is 3.64. The highest BCUT2D eigenvalue weighted by molar-refractivity contribution is 5.83. The van der Waals surface area contributed by atoms with Gasteiger partial charge < -0.3 is 9.47 Å². The molecule has 1 atom stereocenters. The molecule has 3 nitrogen and oxygen atoms in total. The van der Waals surface area contributed by atoms with Gasteiger partial charge in [0.05, 0.1) is 11.7 Å². The lowest BCUT2D eigenvalue weighted by Gasteiger charge is -2.23. The fourth-order valence-corrected chi connectivity index (χ4v) is 2.08. The Morgan fingerprint density at radius 2 is 1.86 bits per heavy atom. The van der Waals surface area contributed by atoms with Crippen LogP contribution in [0, 0.1) is 5.92 Å². The van der Waals surface area contributed by atoms with Crippen LogP contribution in [0.1, 0.15) is 67.2 Å². The first-order chi connectivity index (χ1) is 10.2. The number of hydrogen-bond acceptors (Lipinski definition) is 3. The third-order valence-corrected chi connectivity index (χ3v) is 3.64. The van der Waals surface area contributed by atoms with Gasteiger partial charge in [0.25, 0.3) is 0 Å². The summed E-state index contributed by atoms with van der Waals surface area (Å²) in [6.45, 7) is 12.1. The molecule has 128 valence electrons. The average Bonchev–Trinajstić information content (AvgIpc) is 2.37. The summed E-state index contributed by atoms with van der Waals surface area (Å²) in [5.41, 5.74) is 0.907. The molecular formula is C19H34O3. The molecule has 0 N–H and O–H groups in total. The molecule has 0 aromatic heterocycles. The summed E-state index contributed by atoms with van der Waals surface area (Å²) in [5.74, 6) is 0.367. The molecule has 0 saturated heterocycles. The standard InChI is InChI=1S/C19H34O3/c1-15(2)22-18(20)14-17(4)11-8-10-16(3)12-9-13-19(5,6)21-7/h8,11,14-16H,9-10,12-13H2,1-7H3/b11-8-,17-14-. The first-order valence-corrected chi connectivity index (χ1v) is 8.27. The van der Waals surface area contributed by atoms with Gasteiger partial charge in [-0.15, -0.1) is 0 Å². The number of carbonyl (C=O) groups excluding carboxylic acids is 1. The summed E-state index contributed by atoms with van der Waals surface area (Å²) in [5, 5.41) is 0. The Labute approximate surface area is 136 Å². The molecular weight excluding hydrogens is 276 g/mol. The average molecular weight is 310 g/mol. The monoisotopic (exact) mass is 310 g/mol. The predicted molar refractivity (Wildman–Crippen MR) is 92.8 cm³/mol. The summed E-state index contributed by atoms with van der Waals surface area (Å²) in [6, 6.07) is 0. The van der Waals surface area contributed by atoms with E-state index in [-0.39, 0.29) is 17.7 Å². The van der Waals surface area contributed by atoms with E-state index in [1.807, 2.05) is 26.8 Å². The highest BCUT2D eigenvalue weighted by Gasteiger charge is 2.15. The Kier molecular flexibility index (Phi) is 10.1. The maximum absolute atomic E-state index is 11.5. The molecule has 0 heterocycles. The minimum Gasteiger partial charge on any atom is -0.460 e. The van der Waals surface area contributed by atoms with E-state index in [1.54, 1.807) is 13.2 Å². The number of hydrogen-bond donors (Lipinski definition) is 0. The van der Waals surface area contributed by atoms with Crippen LogP contribution in [0.4, 0.5) is 0 Å². The van der Waals surface area contributed by atoms with Crippen molar-refractivity contribution in [2.75, 3.05) is 7.11 Å². The van der Waals surface area contributed by atoms with Crippen molar-refractivity contribution >= 4 is 5.97 Å². The van der Waals surface area contributed by atoms with Crippen molar-refractivity contribution in [1.29, 1.82) is 0 Å². The largest absolute Gasteiger partial charge is 0.460 e. The number of ether oxygens (including phenoxy) is 2. The van der Waals surface area contributed by atoms with Crippen molar-refractivity contribution in [3.8, 4) is 0 Å². The molecule has 0 aliphatic carbocycles. The zero-order valence-corrected chi connectivity index (χ0v) is 15.4. The quantitative estimate of drug-likeness (QED) is 0.321. The summed E-state index contributed by atoms with van der Waals surface area (Å²) >= 11 is 0. The number of esters is 1. The zero-order valence-electron chi connectivity index (χ0n) is 15.4. The van der Waals surface area contributed by atoms with Gasteiger partial charge >= 0.3 is 5.97 Å². The number of allylic oxidation sites excluding steroid dienone is 3. The lowest BCUT2D eigenvalue weighted by atomic mass is 9.95. The second kappa shape index (κ2) is 10.6. The van der Waals surface area contributed by atoms with Gasteiger partial charge in [0.1, 0.15) is 0 Å².